The lowest BCUT2D eigenvalue weighted by atomic mass is 9.99. The predicted octanol–water partition coefficient (Wildman–Crippen LogP) is 3.03. The van der Waals surface area contributed by atoms with Crippen LogP contribution in [0.15, 0.2) is 36.5 Å². The molecule has 2 nitrogen and oxygen atoms in total. The van der Waals surface area contributed by atoms with E-state index in [0.717, 1.165) is 18.4 Å². The highest BCUT2D eigenvalue weighted by atomic mass is 14.7. The first-order valence-electron chi connectivity index (χ1n) is 5.42. The fourth-order valence-electron chi connectivity index (χ4n) is 1.91. The molecule has 0 bridgehead atoms. The molecule has 78 valence electrons. The van der Waals surface area contributed by atoms with Crippen molar-refractivity contribution >= 4 is 10.9 Å². The van der Waals surface area contributed by atoms with Crippen molar-refractivity contribution in [1.82, 2.24) is 4.98 Å². The molecular weight excluding hydrogens is 184 g/mol. The van der Waals surface area contributed by atoms with Crippen LogP contribution in [0.5, 0.6) is 0 Å². The van der Waals surface area contributed by atoms with E-state index in [0.29, 0.717) is 0 Å². The van der Waals surface area contributed by atoms with E-state index in [9.17, 15) is 0 Å². The molecule has 1 heterocycles. The monoisotopic (exact) mass is 200 g/mol. The van der Waals surface area contributed by atoms with Crippen LogP contribution in [-0.4, -0.2) is 4.98 Å². The molecule has 0 aliphatic heterocycles. The summed E-state index contributed by atoms with van der Waals surface area (Å²) in [5.74, 6) is 0. The lowest BCUT2D eigenvalue weighted by Gasteiger charge is -2.12. The molecule has 2 rings (SSSR count). The summed E-state index contributed by atoms with van der Waals surface area (Å²) in [6.45, 7) is 2.16. The van der Waals surface area contributed by atoms with Gasteiger partial charge in [-0.1, -0.05) is 31.5 Å². The second-order valence-corrected chi connectivity index (χ2v) is 3.81. The Morgan fingerprint density at radius 1 is 1.27 bits per heavy atom. The SMILES string of the molecule is CCC[C@H](N)c1ccnc2ccccc12. The number of nitrogens with two attached hydrogens (primary N) is 1. The molecule has 0 saturated carbocycles. The average molecular weight is 200 g/mol. The molecule has 0 aliphatic carbocycles. The number of hydrogen-bond donors (Lipinski definition) is 1. The van der Waals surface area contributed by atoms with Crippen LogP contribution in [0.25, 0.3) is 10.9 Å². The molecule has 0 spiro atoms. The van der Waals surface area contributed by atoms with Crippen LogP contribution >= 0.6 is 0 Å². The number of benzene rings is 1. The molecule has 0 fully saturated rings. The number of rotatable bonds is 3. The Kier molecular flexibility index (Phi) is 2.97. The molecule has 0 radical (unpaired) electrons. The van der Waals surface area contributed by atoms with Crippen molar-refractivity contribution < 1.29 is 0 Å². The van der Waals surface area contributed by atoms with Crippen molar-refractivity contribution in [2.24, 2.45) is 5.73 Å². The van der Waals surface area contributed by atoms with Crippen LogP contribution in [0.1, 0.15) is 31.4 Å². The van der Waals surface area contributed by atoms with E-state index in [2.05, 4.69) is 18.0 Å². The molecule has 2 aromatic rings. The van der Waals surface area contributed by atoms with Gasteiger partial charge in [0.1, 0.15) is 0 Å². The van der Waals surface area contributed by atoms with E-state index in [1.165, 1.54) is 10.9 Å². The molecule has 0 aliphatic rings. The van der Waals surface area contributed by atoms with Gasteiger partial charge in [0.25, 0.3) is 0 Å². The zero-order valence-electron chi connectivity index (χ0n) is 8.98. The highest BCUT2D eigenvalue weighted by molar-refractivity contribution is 5.82. The highest BCUT2D eigenvalue weighted by Gasteiger charge is 2.08. The van der Waals surface area contributed by atoms with Gasteiger partial charge >= 0.3 is 0 Å². The van der Waals surface area contributed by atoms with Gasteiger partial charge in [-0.2, -0.15) is 0 Å². The molecule has 0 saturated heterocycles. The van der Waals surface area contributed by atoms with Crippen molar-refractivity contribution in [1.29, 1.82) is 0 Å². The zero-order chi connectivity index (χ0) is 10.7. The number of para-hydroxylation sites is 1. The van der Waals surface area contributed by atoms with E-state index in [1.54, 1.807) is 0 Å². The summed E-state index contributed by atoms with van der Waals surface area (Å²) in [4.78, 5) is 4.33. The molecule has 15 heavy (non-hydrogen) atoms. The summed E-state index contributed by atoms with van der Waals surface area (Å²) in [6.07, 6.45) is 3.97. The standard InChI is InChI=1S/C13H16N2/c1-2-5-12(14)10-8-9-15-13-7-4-3-6-11(10)13/h3-4,6-9,12H,2,5,14H2,1H3/t12-/m0/s1. The van der Waals surface area contributed by atoms with Gasteiger partial charge in [0, 0.05) is 17.6 Å². The fourth-order valence-corrected chi connectivity index (χ4v) is 1.91. The molecule has 2 N–H and O–H groups in total. The minimum atomic E-state index is 0.128. The van der Waals surface area contributed by atoms with Gasteiger partial charge in [-0.05, 0) is 24.1 Å². The molecule has 0 amide bonds. The summed E-state index contributed by atoms with van der Waals surface area (Å²) >= 11 is 0. The zero-order valence-corrected chi connectivity index (χ0v) is 8.98. The second kappa shape index (κ2) is 4.41. The molecular formula is C13H16N2. The summed E-state index contributed by atoms with van der Waals surface area (Å²) in [7, 11) is 0. The van der Waals surface area contributed by atoms with Crippen LogP contribution in [0.3, 0.4) is 0 Å². The number of nitrogens with zero attached hydrogens (tertiary/aromatic N) is 1. The Labute approximate surface area is 90.1 Å². The lowest BCUT2D eigenvalue weighted by Crippen LogP contribution is -2.10. The molecule has 1 aromatic heterocycles. The quantitative estimate of drug-likeness (QED) is 0.827. The topological polar surface area (TPSA) is 38.9 Å². The van der Waals surface area contributed by atoms with E-state index in [4.69, 9.17) is 5.73 Å². The third-order valence-electron chi connectivity index (χ3n) is 2.68. The highest BCUT2D eigenvalue weighted by Crippen LogP contribution is 2.23. The van der Waals surface area contributed by atoms with Gasteiger partial charge in [0.05, 0.1) is 5.52 Å². The van der Waals surface area contributed by atoms with E-state index < -0.39 is 0 Å². The second-order valence-electron chi connectivity index (χ2n) is 3.81. The van der Waals surface area contributed by atoms with Crippen molar-refractivity contribution in [3.8, 4) is 0 Å². The fraction of sp³-hybridized carbons (Fsp3) is 0.308. The Hall–Kier alpha value is -1.41. The third kappa shape index (κ3) is 2.00. The van der Waals surface area contributed by atoms with Gasteiger partial charge in [-0.3, -0.25) is 4.98 Å². The van der Waals surface area contributed by atoms with Gasteiger partial charge in [-0.25, -0.2) is 0 Å². The average Bonchev–Trinajstić information content (AvgIpc) is 2.28. The lowest BCUT2D eigenvalue weighted by molar-refractivity contribution is 0.642. The normalized spacial score (nSPS) is 12.9. The Morgan fingerprint density at radius 2 is 2.07 bits per heavy atom. The Bertz CT molecular complexity index is 446. The number of fused-ring (bicyclic) bond motifs is 1. The van der Waals surface area contributed by atoms with E-state index in [1.807, 2.05) is 30.5 Å². The van der Waals surface area contributed by atoms with E-state index in [-0.39, 0.29) is 6.04 Å². The van der Waals surface area contributed by atoms with Gasteiger partial charge in [0.2, 0.25) is 0 Å². The van der Waals surface area contributed by atoms with Crippen molar-refractivity contribution in [2.45, 2.75) is 25.8 Å². The summed E-state index contributed by atoms with van der Waals surface area (Å²) in [5.41, 5.74) is 8.38. The Balaban J connectivity index is 2.50. The maximum absolute atomic E-state index is 6.14. The Morgan fingerprint density at radius 3 is 2.87 bits per heavy atom. The maximum Gasteiger partial charge on any atom is 0.0705 e. The first-order chi connectivity index (χ1) is 7.33. The smallest absolute Gasteiger partial charge is 0.0705 e. The molecule has 0 unspecified atom stereocenters. The number of aromatic nitrogens is 1. The summed E-state index contributed by atoms with van der Waals surface area (Å²) < 4.78 is 0. The van der Waals surface area contributed by atoms with Crippen LogP contribution in [0.2, 0.25) is 0 Å². The first-order valence-corrected chi connectivity index (χ1v) is 5.42. The first kappa shape index (κ1) is 10.1. The molecule has 1 aromatic carbocycles. The summed E-state index contributed by atoms with van der Waals surface area (Å²) in [5, 5.41) is 1.18. The largest absolute Gasteiger partial charge is 0.324 e. The van der Waals surface area contributed by atoms with Crippen molar-refractivity contribution in [3.63, 3.8) is 0 Å². The van der Waals surface area contributed by atoms with Gasteiger partial charge in [0.15, 0.2) is 0 Å². The molecule has 1 atom stereocenters. The number of hydrogen-bond acceptors (Lipinski definition) is 2. The molecule has 2 heteroatoms. The van der Waals surface area contributed by atoms with Crippen LogP contribution in [0, 0.1) is 0 Å². The van der Waals surface area contributed by atoms with Crippen LogP contribution in [0.4, 0.5) is 0 Å². The van der Waals surface area contributed by atoms with Crippen LogP contribution < -0.4 is 5.73 Å². The van der Waals surface area contributed by atoms with Gasteiger partial charge in [-0.15, -0.1) is 0 Å². The van der Waals surface area contributed by atoms with Crippen molar-refractivity contribution in [3.05, 3.63) is 42.1 Å². The number of pyridine rings is 1. The maximum atomic E-state index is 6.14. The third-order valence-corrected chi connectivity index (χ3v) is 2.68. The summed E-state index contributed by atoms with van der Waals surface area (Å²) in [6, 6.07) is 10.3. The predicted molar refractivity (Wildman–Crippen MR) is 63.6 cm³/mol. The van der Waals surface area contributed by atoms with Crippen molar-refractivity contribution in [2.75, 3.05) is 0 Å². The van der Waals surface area contributed by atoms with Crippen LogP contribution in [-0.2, 0) is 0 Å². The minimum absolute atomic E-state index is 0.128. The van der Waals surface area contributed by atoms with E-state index >= 15 is 0 Å². The van der Waals surface area contributed by atoms with Gasteiger partial charge < -0.3 is 5.73 Å². The minimum Gasteiger partial charge on any atom is -0.324 e.